The molecule has 3 N–H and O–H groups in total. The first-order valence-electron chi connectivity index (χ1n) is 7.48. The molecular formula is C17H11ClF3N5O. The van der Waals surface area contributed by atoms with E-state index in [4.69, 9.17) is 11.6 Å². The molecular weight excluding hydrogens is 383 g/mol. The first-order chi connectivity index (χ1) is 12.9. The highest BCUT2D eigenvalue weighted by Crippen LogP contribution is 2.18. The molecule has 0 unspecified atom stereocenters. The van der Waals surface area contributed by atoms with E-state index in [0.717, 1.165) is 30.3 Å². The summed E-state index contributed by atoms with van der Waals surface area (Å²) in [6.07, 6.45) is 1.44. The number of benzene rings is 2. The molecule has 138 valence electrons. The third-order valence-corrected chi connectivity index (χ3v) is 3.48. The monoisotopic (exact) mass is 393 g/mol. The minimum atomic E-state index is -1.17. The van der Waals surface area contributed by atoms with Crippen molar-refractivity contribution in [2.75, 3.05) is 5.32 Å². The minimum Gasteiger partial charge on any atom is -0.325 e. The molecule has 0 aliphatic rings. The third-order valence-electron chi connectivity index (χ3n) is 3.26. The summed E-state index contributed by atoms with van der Waals surface area (Å²) in [6.45, 7) is 0. The van der Waals surface area contributed by atoms with Crippen molar-refractivity contribution < 1.29 is 18.0 Å². The second kappa shape index (κ2) is 7.92. The Morgan fingerprint density at radius 2 is 1.89 bits per heavy atom. The van der Waals surface area contributed by atoms with Gasteiger partial charge in [-0.1, -0.05) is 11.6 Å². The fraction of sp³-hybridized carbons (Fsp3) is 0. The van der Waals surface area contributed by atoms with Crippen molar-refractivity contribution >= 4 is 35.0 Å². The number of amides is 1. The highest BCUT2D eigenvalue weighted by atomic mass is 35.5. The predicted molar refractivity (Wildman–Crippen MR) is 94.5 cm³/mol. The summed E-state index contributed by atoms with van der Waals surface area (Å²) in [6, 6.07) is 7.87. The van der Waals surface area contributed by atoms with Crippen LogP contribution in [-0.4, -0.2) is 22.1 Å². The summed E-state index contributed by atoms with van der Waals surface area (Å²) < 4.78 is 39.9. The van der Waals surface area contributed by atoms with Gasteiger partial charge in [-0.3, -0.25) is 15.2 Å². The topological polar surface area (TPSA) is 82.2 Å². The molecule has 3 rings (SSSR count). The lowest BCUT2D eigenvalue weighted by molar-refractivity contribution is 0.0976. The van der Waals surface area contributed by atoms with Gasteiger partial charge in [0.05, 0.1) is 6.20 Å². The number of aromatic nitrogens is 2. The highest BCUT2D eigenvalue weighted by molar-refractivity contribution is 6.31. The largest absolute Gasteiger partial charge is 0.325 e. The Labute approximate surface area is 156 Å². The van der Waals surface area contributed by atoms with E-state index in [1.54, 1.807) is 0 Å². The van der Waals surface area contributed by atoms with Crippen LogP contribution in [-0.2, 0) is 0 Å². The van der Waals surface area contributed by atoms with Crippen LogP contribution >= 0.6 is 11.6 Å². The average Bonchev–Trinajstić information content (AvgIpc) is 3.09. The second-order valence-electron chi connectivity index (χ2n) is 5.27. The van der Waals surface area contributed by atoms with Crippen LogP contribution in [0.1, 0.15) is 10.4 Å². The number of hydrogen-bond donors (Lipinski definition) is 3. The van der Waals surface area contributed by atoms with Gasteiger partial charge in [0.1, 0.15) is 5.82 Å². The van der Waals surface area contributed by atoms with Gasteiger partial charge in [0.25, 0.3) is 5.91 Å². The molecule has 0 saturated carbocycles. The van der Waals surface area contributed by atoms with Crippen molar-refractivity contribution in [1.82, 2.24) is 15.5 Å². The van der Waals surface area contributed by atoms with Crippen molar-refractivity contribution in [2.45, 2.75) is 0 Å². The maximum absolute atomic E-state index is 13.5. The lowest BCUT2D eigenvalue weighted by Crippen LogP contribution is -2.36. The molecule has 27 heavy (non-hydrogen) atoms. The zero-order valence-corrected chi connectivity index (χ0v) is 14.2. The van der Waals surface area contributed by atoms with E-state index in [0.29, 0.717) is 0 Å². The Morgan fingerprint density at radius 1 is 1.07 bits per heavy atom. The van der Waals surface area contributed by atoms with E-state index < -0.39 is 23.4 Å². The van der Waals surface area contributed by atoms with Crippen molar-refractivity contribution in [3.8, 4) is 0 Å². The summed E-state index contributed by atoms with van der Waals surface area (Å²) in [5.74, 6) is -3.44. The van der Waals surface area contributed by atoms with Gasteiger partial charge in [0.15, 0.2) is 17.5 Å². The van der Waals surface area contributed by atoms with Gasteiger partial charge in [0, 0.05) is 22.3 Å². The van der Waals surface area contributed by atoms with Crippen molar-refractivity contribution in [1.29, 1.82) is 0 Å². The molecule has 0 aliphatic heterocycles. The van der Waals surface area contributed by atoms with E-state index in [-0.39, 0.29) is 28.1 Å². The number of aliphatic imine (C=N–C) groups is 1. The molecule has 6 nitrogen and oxygen atoms in total. The molecule has 10 heteroatoms. The number of nitrogens with zero attached hydrogens (tertiary/aromatic N) is 2. The first-order valence-corrected chi connectivity index (χ1v) is 7.86. The summed E-state index contributed by atoms with van der Waals surface area (Å²) in [5.41, 5.74) is 0.0779. The van der Waals surface area contributed by atoms with Gasteiger partial charge in [-0.15, -0.1) is 0 Å². The molecule has 0 aliphatic carbocycles. The number of aromatic amines is 1. The van der Waals surface area contributed by atoms with Crippen LogP contribution in [0.2, 0.25) is 5.02 Å². The number of guanidine groups is 1. The van der Waals surface area contributed by atoms with Gasteiger partial charge in [-0.2, -0.15) is 10.1 Å². The van der Waals surface area contributed by atoms with Crippen LogP contribution in [0.25, 0.3) is 0 Å². The number of halogens is 4. The van der Waals surface area contributed by atoms with Crippen molar-refractivity contribution in [3.05, 3.63) is 76.7 Å². The van der Waals surface area contributed by atoms with Crippen LogP contribution in [0.5, 0.6) is 0 Å². The molecule has 1 amide bonds. The SMILES string of the molecule is O=C(NC(=Nc1ccn[nH]1)Nc1cc(F)cc(Cl)c1)c1ccc(F)c(F)c1. The maximum atomic E-state index is 13.5. The number of anilines is 1. The molecule has 0 spiro atoms. The number of carbonyl (C=O) groups is 1. The molecule has 0 atom stereocenters. The van der Waals surface area contributed by atoms with Gasteiger partial charge >= 0.3 is 0 Å². The minimum absolute atomic E-state index is 0.115. The van der Waals surface area contributed by atoms with E-state index >= 15 is 0 Å². The van der Waals surface area contributed by atoms with E-state index in [1.165, 1.54) is 18.3 Å². The Morgan fingerprint density at radius 3 is 2.56 bits per heavy atom. The smallest absolute Gasteiger partial charge is 0.258 e. The third kappa shape index (κ3) is 4.85. The molecule has 1 aromatic heterocycles. The average molecular weight is 394 g/mol. The van der Waals surface area contributed by atoms with E-state index in [9.17, 15) is 18.0 Å². The Hall–Kier alpha value is -3.33. The highest BCUT2D eigenvalue weighted by Gasteiger charge is 2.13. The number of nitrogens with one attached hydrogen (secondary N) is 3. The molecule has 0 bridgehead atoms. The lowest BCUT2D eigenvalue weighted by Gasteiger charge is -2.12. The fourth-order valence-electron chi connectivity index (χ4n) is 2.10. The second-order valence-corrected chi connectivity index (χ2v) is 5.70. The standard InChI is InChI=1S/C17H11ClF3N5O/c18-10-6-11(19)8-12(7-10)23-17(24-15-3-4-22-26-15)25-16(27)9-1-2-13(20)14(21)5-9/h1-8H,(H3,22,23,24,25,26,27). The van der Waals surface area contributed by atoms with Crippen LogP contribution in [0.15, 0.2) is 53.7 Å². The lowest BCUT2D eigenvalue weighted by atomic mass is 10.2. The van der Waals surface area contributed by atoms with Crippen LogP contribution < -0.4 is 10.6 Å². The maximum Gasteiger partial charge on any atom is 0.258 e. The summed E-state index contributed by atoms with van der Waals surface area (Å²) >= 11 is 5.81. The zero-order chi connectivity index (χ0) is 19.4. The molecule has 0 fully saturated rings. The van der Waals surface area contributed by atoms with Crippen molar-refractivity contribution in [2.24, 2.45) is 4.99 Å². The molecule has 2 aromatic carbocycles. The van der Waals surface area contributed by atoms with E-state index in [2.05, 4.69) is 25.8 Å². The fourth-order valence-corrected chi connectivity index (χ4v) is 2.32. The summed E-state index contributed by atoms with van der Waals surface area (Å²) in [4.78, 5) is 16.4. The Balaban J connectivity index is 1.88. The predicted octanol–water partition coefficient (Wildman–Crippen LogP) is 4.01. The summed E-state index contributed by atoms with van der Waals surface area (Å²) in [7, 11) is 0. The first kappa shape index (κ1) is 18.5. The normalized spacial score (nSPS) is 11.3. The number of H-pyrrole nitrogens is 1. The summed E-state index contributed by atoms with van der Waals surface area (Å²) in [5, 5.41) is 11.5. The molecule has 1 heterocycles. The molecule has 0 radical (unpaired) electrons. The van der Waals surface area contributed by atoms with Crippen LogP contribution in [0, 0.1) is 17.5 Å². The van der Waals surface area contributed by atoms with Crippen LogP contribution in [0.4, 0.5) is 24.7 Å². The zero-order valence-electron chi connectivity index (χ0n) is 13.4. The quantitative estimate of drug-likeness (QED) is 0.464. The van der Waals surface area contributed by atoms with Gasteiger partial charge in [0.2, 0.25) is 5.96 Å². The number of rotatable bonds is 3. The Kier molecular flexibility index (Phi) is 5.41. The van der Waals surface area contributed by atoms with Gasteiger partial charge in [-0.25, -0.2) is 13.2 Å². The van der Waals surface area contributed by atoms with Crippen LogP contribution in [0.3, 0.4) is 0 Å². The Bertz CT molecular complexity index is 988. The molecule has 3 aromatic rings. The number of carbonyl (C=O) groups excluding carboxylic acids is 1. The van der Waals surface area contributed by atoms with Crippen molar-refractivity contribution in [3.63, 3.8) is 0 Å². The number of hydrogen-bond acceptors (Lipinski definition) is 3. The van der Waals surface area contributed by atoms with Gasteiger partial charge in [-0.05, 0) is 36.4 Å². The molecule has 0 saturated heterocycles. The van der Waals surface area contributed by atoms with E-state index in [1.807, 2.05) is 0 Å². The van der Waals surface area contributed by atoms with Gasteiger partial charge < -0.3 is 5.32 Å².